The third kappa shape index (κ3) is 3.64. The lowest BCUT2D eigenvalue weighted by molar-refractivity contribution is 0.00578. The molecule has 1 N–H and O–H groups in total. The van der Waals surface area contributed by atoms with E-state index >= 15 is 0 Å². The predicted molar refractivity (Wildman–Crippen MR) is 119 cm³/mol. The molecular formula is C23H26BN3O2. The maximum atomic E-state index is 6.22. The lowest BCUT2D eigenvalue weighted by Gasteiger charge is -2.32. The Kier molecular flexibility index (Phi) is 4.69. The van der Waals surface area contributed by atoms with Crippen LogP contribution in [0.4, 0.5) is 5.69 Å². The lowest BCUT2D eigenvalue weighted by Crippen LogP contribution is -2.41. The lowest BCUT2D eigenvalue weighted by atomic mass is 9.78. The Morgan fingerprint density at radius 2 is 1.62 bits per heavy atom. The Labute approximate surface area is 172 Å². The molecular weight excluding hydrogens is 361 g/mol. The van der Waals surface area contributed by atoms with Gasteiger partial charge in [-0.15, -0.1) is 0 Å². The van der Waals surface area contributed by atoms with Gasteiger partial charge in [-0.2, -0.15) is 0 Å². The average Bonchev–Trinajstić information content (AvgIpc) is 3.17. The molecule has 0 unspecified atom stereocenters. The van der Waals surface area contributed by atoms with Gasteiger partial charge in [0, 0.05) is 36.9 Å². The molecule has 1 saturated heterocycles. The highest BCUT2D eigenvalue weighted by molar-refractivity contribution is 6.65. The van der Waals surface area contributed by atoms with E-state index in [0.29, 0.717) is 0 Å². The minimum Gasteiger partial charge on any atom is -0.399 e. The normalized spacial score (nSPS) is 17.2. The van der Waals surface area contributed by atoms with Crippen LogP contribution in [0.15, 0.2) is 42.6 Å². The van der Waals surface area contributed by atoms with Gasteiger partial charge in [0.2, 0.25) is 0 Å². The highest BCUT2D eigenvalue weighted by Gasteiger charge is 2.52. The topological polar surface area (TPSA) is 50.4 Å². The minimum absolute atomic E-state index is 0.384. The van der Waals surface area contributed by atoms with E-state index in [1.807, 2.05) is 38.4 Å². The molecule has 0 bridgehead atoms. The number of rotatable bonds is 2. The van der Waals surface area contributed by atoms with Crippen LogP contribution >= 0.6 is 0 Å². The van der Waals surface area contributed by atoms with Crippen molar-refractivity contribution in [2.75, 3.05) is 19.0 Å². The van der Waals surface area contributed by atoms with Crippen LogP contribution in [0.1, 0.15) is 39.0 Å². The molecule has 4 rings (SSSR count). The van der Waals surface area contributed by atoms with E-state index in [1.165, 1.54) is 0 Å². The molecule has 0 atom stereocenters. The van der Waals surface area contributed by atoms with Crippen molar-refractivity contribution in [3.63, 3.8) is 0 Å². The van der Waals surface area contributed by atoms with Crippen molar-refractivity contribution in [1.29, 1.82) is 0 Å². The summed E-state index contributed by atoms with van der Waals surface area (Å²) in [5.74, 6) is 6.42. The van der Waals surface area contributed by atoms with Gasteiger partial charge in [-0.3, -0.25) is 0 Å². The first kappa shape index (κ1) is 19.6. The van der Waals surface area contributed by atoms with Crippen molar-refractivity contribution in [2.45, 2.75) is 38.9 Å². The van der Waals surface area contributed by atoms with E-state index < -0.39 is 7.12 Å². The molecule has 0 amide bonds. The SMILES string of the molecule is CN(C)c1ccc(C#Cc2cc3c(B4OC(C)(C)C(C)(C)O4)ccnc3[nH]2)cc1. The Hall–Kier alpha value is -2.75. The summed E-state index contributed by atoms with van der Waals surface area (Å²) in [6, 6.07) is 12.2. The molecule has 29 heavy (non-hydrogen) atoms. The molecule has 1 aromatic carbocycles. The Morgan fingerprint density at radius 3 is 2.24 bits per heavy atom. The molecule has 1 fully saturated rings. The largest absolute Gasteiger partial charge is 0.495 e. The summed E-state index contributed by atoms with van der Waals surface area (Å²) < 4.78 is 12.4. The van der Waals surface area contributed by atoms with E-state index in [0.717, 1.165) is 33.4 Å². The molecule has 0 radical (unpaired) electrons. The highest BCUT2D eigenvalue weighted by atomic mass is 16.7. The van der Waals surface area contributed by atoms with Gasteiger partial charge in [-0.05, 0) is 75.5 Å². The van der Waals surface area contributed by atoms with Crippen molar-refractivity contribution >= 4 is 29.3 Å². The maximum Gasteiger partial charge on any atom is 0.495 e. The smallest absolute Gasteiger partial charge is 0.399 e. The zero-order valence-electron chi connectivity index (χ0n) is 17.8. The molecule has 3 heterocycles. The van der Waals surface area contributed by atoms with Crippen LogP contribution in [-0.4, -0.2) is 42.4 Å². The van der Waals surface area contributed by atoms with E-state index in [1.54, 1.807) is 6.20 Å². The van der Waals surface area contributed by atoms with Crippen molar-refractivity contribution in [1.82, 2.24) is 9.97 Å². The third-order valence-corrected chi connectivity index (χ3v) is 5.80. The second-order valence-corrected chi connectivity index (χ2v) is 8.63. The molecule has 2 aromatic heterocycles. The summed E-state index contributed by atoms with van der Waals surface area (Å²) in [4.78, 5) is 9.82. The molecule has 6 heteroatoms. The van der Waals surface area contributed by atoms with Gasteiger partial charge < -0.3 is 19.2 Å². The van der Waals surface area contributed by atoms with Gasteiger partial charge in [0.1, 0.15) is 5.65 Å². The van der Waals surface area contributed by atoms with Crippen LogP contribution < -0.4 is 10.4 Å². The number of pyridine rings is 1. The van der Waals surface area contributed by atoms with Crippen LogP contribution in [0.2, 0.25) is 0 Å². The second-order valence-electron chi connectivity index (χ2n) is 8.63. The summed E-state index contributed by atoms with van der Waals surface area (Å²) in [5, 5.41) is 0.971. The van der Waals surface area contributed by atoms with E-state index in [4.69, 9.17) is 9.31 Å². The van der Waals surface area contributed by atoms with Crippen LogP contribution in [0.3, 0.4) is 0 Å². The first-order valence-electron chi connectivity index (χ1n) is 9.79. The van der Waals surface area contributed by atoms with Gasteiger partial charge in [-0.1, -0.05) is 5.92 Å². The van der Waals surface area contributed by atoms with E-state index in [-0.39, 0.29) is 11.2 Å². The highest BCUT2D eigenvalue weighted by Crippen LogP contribution is 2.36. The molecule has 1 aliphatic rings. The molecule has 1 aliphatic heterocycles. The number of anilines is 1. The number of fused-ring (bicyclic) bond motifs is 1. The van der Waals surface area contributed by atoms with Crippen LogP contribution in [-0.2, 0) is 9.31 Å². The number of aromatic amines is 1. The van der Waals surface area contributed by atoms with E-state index in [2.05, 4.69) is 66.5 Å². The Bertz CT molecular complexity index is 1090. The molecule has 0 spiro atoms. The first-order chi connectivity index (χ1) is 13.7. The number of H-pyrrole nitrogens is 1. The van der Waals surface area contributed by atoms with Crippen molar-refractivity contribution in [3.8, 4) is 11.8 Å². The van der Waals surface area contributed by atoms with Crippen molar-refractivity contribution in [2.24, 2.45) is 0 Å². The van der Waals surface area contributed by atoms with Gasteiger partial charge in [0.15, 0.2) is 0 Å². The Morgan fingerprint density at radius 1 is 0.966 bits per heavy atom. The number of hydrogen-bond acceptors (Lipinski definition) is 4. The zero-order valence-corrected chi connectivity index (χ0v) is 17.8. The van der Waals surface area contributed by atoms with Gasteiger partial charge in [-0.25, -0.2) is 4.98 Å². The standard InChI is InChI=1S/C23H26BN3O2/c1-22(2)23(3,4)29-24(28-22)20-13-14-25-21-19(20)15-17(26-21)10-7-16-8-11-18(12-9-16)27(5)6/h8-9,11-15H,1-6H3,(H,25,26). The monoisotopic (exact) mass is 387 g/mol. The summed E-state index contributed by atoms with van der Waals surface area (Å²) in [5.41, 5.74) is 3.91. The summed E-state index contributed by atoms with van der Waals surface area (Å²) in [6.07, 6.45) is 1.77. The number of aromatic nitrogens is 2. The number of nitrogens with zero attached hydrogens (tertiary/aromatic N) is 2. The zero-order chi connectivity index (χ0) is 20.8. The van der Waals surface area contributed by atoms with Crippen LogP contribution in [0, 0.1) is 11.8 Å². The van der Waals surface area contributed by atoms with Crippen molar-refractivity contribution < 1.29 is 9.31 Å². The number of nitrogens with one attached hydrogen (secondary N) is 1. The molecule has 5 nitrogen and oxygen atoms in total. The third-order valence-electron chi connectivity index (χ3n) is 5.80. The minimum atomic E-state index is -0.430. The van der Waals surface area contributed by atoms with Gasteiger partial charge >= 0.3 is 7.12 Å². The summed E-state index contributed by atoms with van der Waals surface area (Å²) in [6.45, 7) is 8.23. The quantitative estimate of drug-likeness (QED) is 0.542. The summed E-state index contributed by atoms with van der Waals surface area (Å²) in [7, 11) is 3.62. The summed E-state index contributed by atoms with van der Waals surface area (Å²) >= 11 is 0. The van der Waals surface area contributed by atoms with E-state index in [9.17, 15) is 0 Å². The van der Waals surface area contributed by atoms with Crippen LogP contribution in [0.25, 0.3) is 11.0 Å². The Balaban J connectivity index is 1.64. The maximum absolute atomic E-state index is 6.22. The van der Waals surface area contributed by atoms with Gasteiger partial charge in [0.05, 0.1) is 16.9 Å². The first-order valence-corrected chi connectivity index (χ1v) is 9.79. The number of hydrogen-bond donors (Lipinski definition) is 1. The second kappa shape index (κ2) is 6.94. The molecule has 148 valence electrons. The predicted octanol–water partition coefficient (Wildman–Crippen LogP) is 3.33. The average molecular weight is 387 g/mol. The fourth-order valence-electron chi connectivity index (χ4n) is 3.27. The fraction of sp³-hybridized carbons (Fsp3) is 0.348. The van der Waals surface area contributed by atoms with Gasteiger partial charge in [0.25, 0.3) is 0 Å². The fourth-order valence-corrected chi connectivity index (χ4v) is 3.27. The molecule has 3 aromatic rings. The molecule has 0 saturated carbocycles. The number of benzene rings is 1. The van der Waals surface area contributed by atoms with Crippen molar-refractivity contribution in [3.05, 3.63) is 53.9 Å². The molecule has 0 aliphatic carbocycles. The van der Waals surface area contributed by atoms with Crippen LogP contribution in [0.5, 0.6) is 0 Å².